The molecule has 0 bridgehead atoms. The number of halogens is 1. The maximum absolute atomic E-state index is 13.5. The number of aryl methyl sites for hydroxylation is 1. The Hall–Kier alpha value is -2.36. The largest absolute Gasteiger partial charge is 0.322 e. The summed E-state index contributed by atoms with van der Waals surface area (Å²) in [6.45, 7) is 2.97. The van der Waals surface area contributed by atoms with Crippen molar-refractivity contribution in [2.24, 2.45) is 0 Å². The fourth-order valence-electron chi connectivity index (χ4n) is 2.54. The fourth-order valence-corrected chi connectivity index (χ4v) is 2.54. The van der Waals surface area contributed by atoms with Crippen LogP contribution in [0, 0.1) is 12.7 Å². The van der Waals surface area contributed by atoms with Gasteiger partial charge >= 0.3 is 6.03 Å². The first-order chi connectivity index (χ1) is 10.1. The molecule has 1 heterocycles. The maximum Gasteiger partial charge on any atom is 0.322 e. The lowest BCUT2D eigenvalue weighted by Crippen LogP contribution is -2.38. The smallest absolute Gasteiger partial charge is 0.320 e. The van der Waals surface area contributed by atoms with E-state index >= 15 is 0 Å². The van der Waals surface area contributed by atoms with Crippen molar-refractivity contribution >= 4 is 11.7 Å². The number of hydrogen-bond acceptors (Lipinski definition) is 1. The van der Waals surface area contributed by atoms with Gasteiger partial charge in [0.1, 0.15) is 5.82 Å². The third-order valence-electron chi connectivity index (χ3n) is 3.84. The van der Waals surface area contributed by atoms with E-state index < -0.39 is 0 Å². The van der Waals surface area contributed by atoms with Crippen molar-refractivity contribution in [2.45, 2.75) is 19.9 Å². The number of hydrogen-bond donors (Lipinski definition) is 1. The lowest BCUT2D eigenvalue weighted by Gasteiger charge is -2.29. The molecule has 1 aliphatic heterocycles. The molecule has 2 aromatic rings. The Balaban J connectivity index is 1.70. The van der Waals surface area contributed by atoms with Gasteiger partial charge in [-0.2, -0.15) is 0 Å². The molecule has 0 saturated heterocycles. The number of rotatable bonds is 1. The van der Waals surface area contributed by atoms with Crippen molar-refractivity contribution in [2.75, 3.05) is 11.9 Å². The van der Waals surface area contributed by atoms with Gasteiger partial charge in [0.15, 0.2) is 0 Å². The van der Waals surface area contributed by atoms with Crippen LogP contribution in [0.5, 0.6) is 0 Å². The number of nitrogens with zero attached hydrogens (tertiary/aromatic N) is 1. The highest BCUT2D eigenvalue weighted by Gasteiger charge is 2.20. The molecule has 2 aromatic carbocycles. The van der Waals surface area contributed by atoms with Crippen LogP contribution in [-0.2, 0) is 13.0 Å². The monoisotopic (exact) mass is 284 g/mol. The van der Waals surface area contributed by atoms with Crippen LogP contribution in [0.4, 0.5) is 14.9 Å². The van der Waals surface area contributed by atoms with Gasteiger partial charge in [0.2, 0.25) is 0 Å². The Labute approximate surface area is 123 Å². The summed E-state index contributed by atoms with van der Waals surface area (Å²) in [6.07, 6.45) is 0.853. The minimum atomic E-state index is -0.309. The van der Waals surface area contributed by atoms with Gasteiger partial charge in [-0.05, 0) is 42.2 Å². The summed E-state index contributed by atoms with van der Waals surface area (Å²) >= 11 is 0. The Morgan fingerprint density at radius 1 is 1.19 bits per heavy atom. The van der Waals surface area contributed by atoms with E-state index in [1.54, 1.807) is 24.0 Å². The van der Waals surface area contributed by atoms with E-state index in [2.05, 4.69) is 11.4 Å². The van der Waals surface area contributed by atoms with Gasteiger partial charge in [-0.15, -0.1) is 0 Å². The second kappa shape index (κ2) is 5.56. The third-order valence-corrected chi connectivity index (χ3v) is 3.84. The van der Waals surface area contributed by atoms with E-state index in [9.17, 15) is 9.18 Å². The molecule has 0 atom stereocenters. The van der Waals surface area contributed by atoms with Crippen LogP contribution in [0.25, 0.3) is 0 Å². The van der Waals surface area contributed by atoms with Gasteiger partial charge in [-0.3, -0.25) is 0 Å². The summed E-state index contributed by atoms with van der Waals surface area (Å²) in [5.74, 6) is -0.309. The molecule has 0 spiro atoms. The molecule has 1 N–H and O–H groups in total. The number of benzene rings is 2. The van der Waals surface area contributed by atoms with E-state index in [0.29, 0.717) is 24.3 Å². The second-order valence-electron chi connectivity index (χ2n) is 5.33. The zero-order chi connectivity index (χ0) is 14.8. The van der Waals surface area contributed by atoms with Crippen molar-refractivity contribution in [3.8, 4) is 0 Å². The number of fused-ring (bicyclic) bond motifs is 1. The summed E-state index contributed by atoms with van der Waals surface area (Å²) in [7, 11) is 0. The zero-order valence-electron chi connectivity index (χ0n) is 11.9. The van der Waals surface area contributed by atoms with Crippen molar-refractivity contribution < 1.29 is 9.18 Å². The van der Waals surface area contributed by atoms with Crippen molar-refractivity contribution in [1.29, 1.82) is 0 Å². The van der Waals surface area contributed by atoms with Gasteiger partial charge in [0.05, 0.1) is 0 Å². The van der Waals surface area contributed by atoms with Crippen LogP contribution >= 0.6 is 0 Å². The average Bonchev–Trinajstić information content (AvgIpc) is 2.50. The Bertz CT molecular complexity index is 684. The summed E-state index contributed by atoms with van der Waals surface area (Å²) in [4.78, 5) is 14.0. The minimum absolute atomic E-state index is 0.187. The number of urea groups is 1. The minimum Gasteiger partial charge on any atom is -0.320 e. The van der Waals surface area contributed by atoms with Crippen molar-refractivity contribution in [3.63, 3.8) is 0 Å². The Kier molecular flexibility index (Phi) is 3.60. The molecule has 0 unspecified atom stereocenters. The molecule has 4 heteroatoms. The van der Waals surface area contributed by atoms with E-state index in [1.165, 1.54) is 17.2 Å². The van der Waals surface area contributed by atoms with Crippen LogP contribution < -0.4 is 5.32 Å². The molecule has 108 valence electrons. The van der Waals surface area contributed by atoms with Gasteiger partial charge in [-0.25, -0.2) is 9.18 Å². The summed E-state index contributed by atoms with van der Waals surface area (Å²) in [5.41, 5.74) is 3.53. The maximum atomic E-state index is 13.5. The highest BCUT2D eigenvalue weighted by Crippen LogP contribution is 2.20. The average molecular weight is 284 g/mol. The topological polar surface area (TPSA) is 32.3 Å². The lowest BCUT2D eigenvalue weighted by atomic mass is 10.0. The van der Waals surface area contributed by atoms with Gasteiger partial charge < -0.3 is 10.2 Å². The molecule has 1 aliphatic rings. The zero-order valence-corrected chi connectivity index (χ0v) is 11.9. The number of nitrogens with one attached hydrogen (secondary N) is 1. The highest BCUT2D eigenvalue weighted by atomic mass is 19.1. The normalized spacial score (nSPS) is 13.7. The predicted octanol–water partition coefficient (Wildman–Crippen LogP) is 3.72. The molecule has 0 fully saturated rings. The van der Waals surface area contributed by atoms with Crippen LogP contribution in [0.1, 0.15) is 16.7 Å². The molecule has 0 radical (unpaired) electrons. The van der Waals surface area contributed by atoms with Crippen molar-refractivity contribution in [1.82, 2.24) is 4.90 Å². The Morgan fingerprint density at radius 3 is 2.71 bits per heavy atom. The number of anilines is 1. The highest BCUT2D eigenvalue weighted by molar-refractivity contribution is 5.89. The van der Waals surface area contributed by atoms with Crippen LogP contribution in [0.3, 0.4) is 0 Å². The standard InChI is InChI=1S/C17H17FN2O/c1-12-6-7-15(10-16(12)18)19-17(21)20-9-8-13-4-2-3-5-14(13)11-20/h2-7,10H,8-9,11H2,1H3,(H,19,21). The van der Waals surface area contributed by atoms with E-state index in [1.807, 2.05) is 18.2 Å². The van der Waals surface area contributed by atoms with Gasteiger partial charge in [0, 0.05) is 18.8 Å². The van der Waals surface area contributed by atoms with Crippen LogP contribution in [0.2, 0.25) is 0 Å². The molecule has 0 aromatic heterocycles. The first-order valence-corrected chi connectivity index (χ1v) is 7.02. The van der Waals surface area contributed by atoms with Crippen LogP contribution in [0.15, 0.2) is 42.5 Å². The SMILES string of the molecule is Cc1ccc(NC(=O)N2CCc3ccccc3C2)cc1F. The Morgan fingerprint density at radius 2 is 1.95 bits per heavy atom. The molecular weight excluding hydrogens is 267 g/mol. The summed E-state index contributed by atoms with van der Waals surface area (Å²) < 4.78 is 13.5. The van der Waals surface area contributed by atoms with E-state index in [-0.39, 0.29) is 11.8 Å². The number of amides is 2. The van der Waals surface area contributed by atoms with Crippen molar-refractivity contribution in [3.05, 3.63) is 65.0 Å². The summed E-state index contributed by atoms with van der Waals surface area (Å²) in [6, 6.07) is 12.7. The van der Waals surface area contributed by atoms with Gasteiger partial charge in [-0.1, -0.05) is 30.3 Å². The van der Waals surface area contributed by atoms with E-state index in [4.69, 9.17) is 0 Å². The number of carbonyl (C=O) groups is 1. The molecule has 3 nitrogen and oxygen atoms in total. The number of carbonyl (C=O) groups excluding carboxylic acids is 1. The second-order valence-corrected chi connectivity index (χ2v) is 5.33. The predicted molar refractivity (Wildman–Crippen MR) is 80.7 cm³/mol. The quantitative estimate of drug-likeness (QED) is 0.850. The molecule has 0 saturated carbocycles. The van der Waals surface area contributed by atoms with E-state index in [0.717, 1.165) is 6.42 Å². The lowest BCUT2D eigenvalue weighted by molar-refractivity contribution is 0.206. The third kappa shape index (κ3) is 2.89. The summed E-state index contributed by atoms with van der Waals surface area (Å²) in [5, 5.41) is 2.76. The van der Waals surface area contributed by atoms with Gasteiger partial charge in [0.25, 0.3) is 0 Å². The molecule has 0 aliphatic carbocycles. The molecule has 2 amide bonds. The first kappa shape index (κ1) is 13.6. The fraction of sp³-hybridized carbons (Fsp3) is 0.235. The first-order valence-electron chi connectivity index (χ1n) is 7.02. The molecule has 3 rings (SSSR count). The molecule has 21 heavy (non-hydrogen) atoms. The molecular formula is C17H17FN2O. The van der Waals surface area contributed by atoms with Crippen LogP contribution in [-0.4, -0.2) is 17.5 Å².